The van der Waals surface area contributed by atoms with Crippen molar-refractivity contribution in [1.29, 1.82) is 0 Å². The van der Waals surface area contributed by atoms with E-state index in [1.54, 1.807) is 17.0 Å². The van der Waals surface area contributed by atoms with Crippen LogP contribution in [0.15, 0.2) is 29.2 Å². The predicted molar refractivity (Wildman–Crippen MR) is 84.3 cm³/mol. The number of hydrogen-bond acceptors (Lipinski definition) is 4. The highest BCUT2D eigenvalue weighted by Gasteiger charge is 2.42. The lowest BCUT2D eigenvalue weighted by molar-refractivity contribution is -0.131. The standard InChI is InChI=1S/C16H20N2O4S/c1-2-9-17(10-12-7-8-12)15(19)11-18-16(20)13-5-3-4-6-14(13)23(18,21)22/h3-6,12H,2,7-11H2,1H3. The molecule has 0 unspecified atom stereocenters. The van der Waals surface area contributed by atoms with E-state index in [0.29, 0.717) is 23.3 Å². The van der Waals surface area contributed by atoms with Gasteiger partial charge in [-0.1, -0.05) is 19.1 Å². The number of nitrogens with zero attached hydrogens (tertiary/aromatic N) is 2. The van der Waals surface area contributed by atoms with Gasteiger partial charge < -0.3 is 4.90 Å². The number of sulfonamides is 1. The molecule has 2 amide bonds. The average Bonchev–Trinajstić information content (AvgIpc) is 3.32. The fourth-order valence-corrected chi connectivity index (χ4v) is 4.33. The van der Waals surface area contributed by atoms with Crippen molar-refractivity contribution in [2.45, 2.75) is 31.1 Å². The molecule has 0 spiro atoms. The van der Waals surface area contributed by atoms with Crippen molar-refractivity contribution in [2.24, 2.45) is 5.92 Å². The minimum atomic E-state index is -3.92. The van der Waals surface area contributed by atoms with E-state index in [1.807, 2.05) is 6.92 Å². The lowest BCUT2D eigenvalue weighted by Gasteiger charge is -2.24. The highest BCUT2D eigenvalue weighted by molar-refractivity contribution is 7.90. The third-order valence-electron chi connectivity index (χ3n) is 4.21. The quantitative estimate of drug-likeness (QED) is 0.788. The van der Waals surface area contributed by atoms with Crippen LogP contribution in [0.25, 0.3) is 0 Å². The van der Waals surface area contributed by atoms with Crippen molar-refractivity contribution in [1.82, 2.24) is 9.21 Å². The van der Waals surface area contributed by atoms with Crippen LogP contribution in [0.4, 0.5) is 0 Å². The van der Waals surface area contributed by atoms with Crippen molar-refractivity contribution < 1.29 is 18.0 Å². The molecule has 0 atom stereocenters. The molecule has 1 aromatic rings. The fourth-order valence-electron chi connectivity index (χ4n) is 2.81. The van der Waals surface area contributed by atoms with Gasteiger partial charge in [-0.15, -0.1) is 0 Å². The third-order valence-corrected chi connectivity index (χ3v) is 6.00. The number of amides is 2. The molecule has 124 valence electrons. The Morgan fingerprint density at radius 3 is 2.61 bits per heavy atom. The van der Waals surface area contributed by atoms with E-state index < -0.39 is 22.5 Å². The van der Waals surface area contributed by atoms with Crippen LogP contribution in [-0.2, 0) is 14.8 Å². The lowest BCUT2D eigenvalue weighted by Crippen LogP contribution is -2.43. The molecule has 0 N–H and O–H groups in total. The minimum Gasteiger partial charge on any atom is -0.341 e. The van der Waals surface area contributed by atoms with Gasteiger partial charge >= 0.3 is 0 Å². The molecular weight excluding hydrogens is 316 g/mol. The molecule has 1 aliphatic heterocycles. The van der Waals surface area contributed by atoms with Crippen molar-refractivity contribution in [3.8, 4) is 0 Å². The first-order chi connectivity index (χ1) is 10.9. The van der Waals surface area contributed by atoms with Crippen LogP contribution in [0, 0.1) is 5.92 Å². The maximum Gasteiger partial charge on any atom is 0.269 e. The normalized spacial score (nSPS) is 18.8. The largest absolute Gasteiger partial charge is 0.341 e. The zero-order valence-electron chi connectivity index (χ0n) is 13.1. The highest BCUT2D eigenvalue weighted by Crippen LogP contribution is 2.31. The molecule has 23 heavy (non-hydrogen) atoms. The Labute approximate surface area is 136 Å². The summed E-state index contributed by atoms with van der Waals surface area (Å²) in [6.07, 6.45) is 3.03. The van der Waals surface area contributed by atoms with E-state index in [-0.39, 0.29) is 16.4 Å². The van der Waals surface area contributed by atoms with Crippen molar-refractivity contribution in [3.05, 3.63) is 29.8 Å². The summed E-state index contributed by atoms with van der Waals surface area (Å²) < 4.78 is 25.7. The Kier molecular flexibility index (Phi) is 4.14. The van der Waals surface area contributed by atoms with Gasteiger partial charge in [0.2, 0.25) is 5.91 Å². The summed E-state index contributed by atoms with van der Waals surface area (Å²) in [6.45, 7) is 2.80. The molecular formula is C16H20N2O4S. The average molecular weight is 336 g/mol. The number of rotatable bonds is 6. The second-order valence-corrected chi connectivity index (χ2v) is 7.93. The Morgan fingerprint density at radius 1 is 1.30 bits per heavy atom. The van der Waals surface area contributed by atoms with Gasteiger partial charge in [0.1, 0.15) is 11.4 Å². The molecule has 1 aromatic carbocycles. The van der Waals surface area contributed by atoms with Gasteiger partial charge in [0, 0.05) is 13.1 Å². The van der Waals surface area contributed by atoms with Gasteiger partial charge in [0.15, 0.2) is 0 Å². The zero-order valence-corrected chi connectivity index (χ0v) is 13.9. The summed E-state index contributed by atoms with van der Waals surface area (Å²) in [5.41, 5.74) is 0.143. The third kappa shape index (κ3) is 2.97. The van der Waals surface area contributed by atoms with Crippen LogP contribution in [0.5, 0.6) is 0 Å². The maximum atomic E-state index is 12.5. The minimum absolute atomic E-state index is 0.0120. The second-order valence-electron chi connectivity index (χ2n) is 6.10. The number of carbonyl (C=O) groups excluding carboxylic acids is 2. The van der Waals surface area contributed by atoms with E-state index in [2.05, 4.69) is 0 Å². The molecule has 0 saturated heterocycles. The van der Waals surface area contributed by atoms with Gasteiger partial charge in [-0.2, -0.15) is 0 Å². The molecule has 6 nitrogen and oxygen atoms in total. The molecule has 0 bridgehead atoms. The molecule has 0 aromatic heterocycles. The predicted octanol–water partition coefficient (Wildman–Crippen LogP) is 1.48. The Balaban J connectivity index is 1.79. The summed E-state index contributed by atoms with van der Waals surface area (Å²) in [6, 6.07) is 6.08. The van der Waals surface area contributed by atoms with Crippen LogP contribution in [0.3, 0.4) is 0 Å². The first-order valence-electron chi connectivity index (χ1n) is 7.89. The Morgan fingerprint density at radius 2 is 2.00 bits per heavy atom. The molecule has 2 aliphatic rings. The first-order valence-corrected chi connectivity index (χ1v) is 9.33. The van der Waals surface area contributed by atoms with E-state index in [1.165, 1.54) is 12.1 Å². The zero-order chi connectivity index (χ0) is 16.6. The van der Waals surface area contributed by atoms with Gasteiger partial charge in [0.25, 0.3) is 15.9 Å². The molecule has 0 radical (unpaired) electrons. The van der Waals surface area contributed by atoms with Crippen LogP contribution < -0.4 is 0 Å². The van der Waals surface area contributed by atoms with Crippen molar-refractivity contribution in [3.63, 3.8) is 0 Å². The SMILES string of the molecule is CCCN(CC1CC1)C(=O)CN1C(=O)c2ccccc2S1(=O)=O. The van der Waals surface area contributed by atoms with E-state index in [4.69, 9.17) is 0 Å². The molecule has 1 aliphatic carbocycles. The van der Waals surface area contributed by atoms with Gasteiger partial charge in [0.05, 0.1) is 5.56 Å². The van der Waals surface area contributed by atoms with Crippen LogP contribution in [-0.4, -0.2) is 49.1 Å². The monoisotopic (exact) mass is 336 g/mol. The second kappa shape index (κ2) is 5.96. The molecule has 3 rings (SSSR count). The summed E-state index contributed by atoms with van der Waals surface area (Å²) in [7, 11) is -3.92. The van der Waals surface area contributed by atoms with Gasteiger partial charge in [-0.05, 0) is 37.3 Å². The number of benzene rings is 1. The number of carbonyl (C=O) groups is 2. The van der Waals surface area contributed by atoms with Crippen LogP contribution in [0.1, 0.15) is 36.5 Å². The topological polar surface area (TPSA) is 74.8 Å². The lowest BCUT2D eigenvalue weighted by atomic mass is 10.2. The molecule has 7 heteroatoms. The molecule has 1 heterocycles. The number of hydrogen-bond donors (Lipinski definition) is 0. The summed E-state index contributed by atoms with van der Waals surface area (Å²) in [5.74, 6) is -0.395. The Bertz CT molecular complexity index is 740. The van der Waals surface area contributed by atoms with E-state index in [9.17, 15) is 18.0 Å². The summed E-state index contributed by atoms with van der Waals surface area (Å²) >= 11 is 0. The fraction of sp³-hybridized carbons (Fsp3) is 0.500. The van der Waals surface area contributed by atoms with Crippen LogP contribution >= 0.6 is 0 Å². The highest BCUT2D eigenvalue weighted by atomic mass is 32.2. The summed E-state index contributed by atoms with van der Waals surface area (Å²) in [5, 5.41) is 0. The maximum absolute atomic E-state index is 12.5. The van der Waals surface area contributed by atoms with Gasteiger partial charge in [-0.25, -0.2) is 12.7 Å². The van der Waals surface area contributed by atoms with Crippen molar-refractivity contribution in [2.75, 3.05) is 19.6 Å². The molecule has 1 saturated carbocycles. The van der Waals surface area contributed by atoms with Gasteiger partial charge in [-0.3, -0.25) is 9.59 Å². The summed E-state index contributed by atoms with van der Waals surface area (Å²) in [4.78, 5) is 26.5. The van der Waals surface area contributed by atoms with E-state index >= 15 is 0 Å². The van der Waals surface area contributed by atoms with Crippen molar-refractivity contribution >= 4 is 21.8 Å². The van der Waals surface area contributed by atoms with Crippen LogP contribution in [0.2, 0.25) is 0 Å². The number of fused-ring (bicyclic) bond motifs is 1. The van der Waals surface area contributed by atoms with E-state index in [0.717, 1.165) is 19.3 Å². The first kappa shape index (κ1) is 16.0. The Hall–Kier alpha value is -1.89. The smallest absolute Gasteiger partial charge is 0.269 e. The molecule has 1 fully saturated rings.